The van der Waals surface area contributed by atoms with Crippen molar-refractivity contribution in [3.05, 3.63) is 71.9 Å². The number of ketones is 1. The number of halogens is 2. The van der Waals surface area contributed by atoms with Gasteiger partial charge < -0.3 is 10.1 Å². The number of hydrogen-bond acceptors (Lipinski definition) is 3. The highest BCUT2D eigenvalue weighted by atomic mass is 19.2. The van der Waals surface area contributed by atoms with E-state index in [-0.39, 0.29) is 5.78 Å². The number of ether oxygens (including phenoxy) is 1. The third kappa shape index (κ3) is 3.89. The molecule has 108 valence electrons. The molecule has 0 amide bonds. The van der Waals surface area contributed by atoms with Gasteiger partial charge in [0.05, 0.1) is 7.11 Å². The lowest BCUT2D eigenvalue weighted by Crippen LogP contribution is -1.97. The first-order valence-electron chi connectivity index (χ1n) is 6.16. The molecule has 2 aromatic carbocycles. The van der Waals surface area contributed by atoms with Gasteiger partial charge in [0.15, 0.2) is 17.4 Å². The van der Waals surface area contributed by atoms with E-state index in [0.29, 0.717) is 17.0 Å². The lowest BCUT2D eigenvalue weighted by Gasteiger charge is -2.02. The molecule has 0 aliphatic rings. The first kappa shape index (κ1) is 14.7. The standard InChI is InChI=1S/C16H13F2NO2/c1-21-13-5-2-11(3-6-13)16(20)8-9-19-12-4-7-14(17)15(18)10-12/h2-10,19H,1H3/b9-8+. The first-order chi connectivity index (χ1) is 10.1. The zero-order chi connectivity index (χ0) is 15.2. The highest BCUT2D eigenvalue weighted by Crippen LogP contribution is 2.14. The Labute approximate surface area is 120 Å². The summed E-state index contributed by atoms with van der Waals surface area (Å²) in [6.07, 6.45) is 2.68. The van der Waals surface area contributed by atoms with Gasteiger partial charge in [0, 0.05) is 29.6 Å². The SMILES string of the molecule is COc1ccc(C(=O)/C=C/Nc2ccc(F)c(F)c2)cc1. The van der Waals surface area contributed by atoms with Crippen LogP contribution in [-0.2, 0) is 0 Å². The Hall–Kier alpha value is -2.69. The summed E-state index contributed by atoms with van der Waals surface area (Å²) < 4.78 is 30.7. The summed E-state index contributed by atoms with van der Waals surface area (Å²) >= 11 is 0. The van der Waals surface area contributed by atoms with Crippen LogP contribution < -0.4 is 10.1 Å². The van der Waals surface area contributed by atoms with Crippen LogP contribution >= 0.6 is 0 Å². The maximum absolute atomic E-state index is 13.0. The van der Waals surface area contributed by atoms with Crippen molar-refractivity contribution >= 4 is 11.5 Å². The van der Waals surface area contributed by atoms with Crippen LogP contribution in [0.25, 0.3) is 0 Å². The predicted octanol–water partition coefficient (Wildman–Crippen LogP) is 3.78. The molecule has 0 bridgehead atoms. The molecule has 1 N–H and O–H groups in total. The largest absolute Gasteiger partial charge is 0.497 e. The number of nitrogens with one attached hydrogen (secondary N) is 1. The molecule has 0 unspecified atom stereocenters. The Morgan fingerprint density at radius 1 is 1.10 bits per heavy atom. The number of benzene rings is 2. The summed E-state index contributed by atoms with van der Waals surface area (Å²) in [5, 5.41) is 2.70. The van der Waals surface area contributed by atoms with E-state index in [1.54, 1.807) is 31.4 Å². The highest BCUT2D eigenvalue weighted by Gasteiger charge is 2.03. The monoisotopic (exact) mass is 289 g/mol. The molecule has 0 fully saturated rings. The molecule has 3 nitrogen and oxygen atoms in total. The molecular weight excluding hydrogens is 276 g/mol. The van der Waals surface area contributed by atoms with Gasteiger partial charge in [0.2, 0.25) is 0 Å². The van der Waals surface area contributed by atoms with E-state index in [1.165, 1.54) is 18.3 Å². The van der Waals surface area contributed by atoms with Crippen molar-refractivity contribution < 1.29 is 18.3 Å². The van der Waals surface area contributed by atoms with Crippen LogP contribution in [0.2, 0.25) is 0 Å². The van der Waals surface area contributed by atoms with Gasteiger partial charge in [-0.25, -0.2) is 8.78 Å². The number of carbonyl (C=O) groups is 1. The van der Waals surface area contributed by atoms with Gasteiger partial charge >= 0.3 is 0 Å². The maximum Gasteiger partial charge on any atom is 0.187 e. The molecule has 0 heterocycles. The number of methoxy groups -OCH3 is 1. The van der Waals surface area contributed by atoms with Gasteiger partial charge in [-0.05, 0) is 36.4 Å². The number of rotatable bonds is 5. The molecule has 0 aliphatic heterocycles. The van der Waals surface area contributed by atoms with Crippen LogP contribution in [0.3, 0.4) is 0 Å². The van der Waals surface area contributed by atoms with Crippen molar-refractivity contribution in [2.45, 2.75) is 0 Å². The molecule has 5 heteroatoms. The summed E-state index contributed by atoms with van der Waals surface area (Å²) in [5.74, 6) is -1.42. The van der Waals surface area contributed by atoms with Crippen molar-refractivity contribution in [1.29, 1.82) is 0 Å². The van der Waals surface area contributed by atoms with E-state index in [0.717, 1.165) is 12.1 Å². The minimum Gasteiger partial charge on any atom is -0.497 e. The molecule has 0 atom stereocenters. The van der Waals surface area contributed by atoms with Crippen molar-refractivity contribution in [3.63, 3.8) is 0 Å². The van der Waals surface area contributed by atoms with Gasteiger partial charge in [0.1, 0.15) is 5.75 Å². The molecule has 0 aromatic heterocycles. The van der Waals surface area contributed by atoms with Crippen LogP contribution in [-0.4, -0.2) is 12.9 Å². The third-order valence-corrected chi connectivity index (χ3v) is 2.78. The summed E-state index contributed by atoms with van der Waals surface area (Å²) in [7, 11) is 1.54. The summed E-state index contributed by atoms with van der Waals surface area (Å²) in [5.41, 5.74) is 0.854. The fourth-order valence-electron chi connectivity index (χ4n) is 1.65. The van der Waals surface area contributed by atoms with E-state index in [9.17, 15) is 13.6 Å². The van der Waals surface area contributed by atoms with Crippen molar-refractivity contribution in [2.75, 3.05) is 12.4 Å². The smallest absolute Gasteiger partial charge is 0.187 e. The van der Waals surface area contributed by atoms with Crippen molar-refractivity contribution in [1.82, 2.24) is 0 Å². The lowest BCUT2D eigenvalue weighted by molar-refractivity contribution is 0.104. The molecule has 2 aromatic rings. The second-order valence-electron chi connectivity index (χ2n) is 4.20. The Morgan fingerprint density at radius 3 is 2.43 bits per heavy atom. The Kier molecular flexibility index (Phi) is 4.66. The molecule has 0 spiro atoms. The molecule has 0 saturated carbocycles. The maximum atomic E-state index is 13.0. The highest BCUT2D eigenvalue weighted by molar-refractivity contribution is 6.04. The molecule has 0 radical (unpaired) electrons. The number of carbonyl (C=O) groups excluding carboxylic acids is 1. The summed E-state index contributed by atoms with van der Waals surface area (Å²) in [4.78, 5) is 11.9. The van der Waals surface area contributed by atoms with Crippen molar-refractivity contribution in [2.24, 2.45) is 0 Å². The molecule has 2 rings (SSSR count). The van der Waals surface area contributed by atoms with Gasteiger partial charge in [0.25, 0.3) is 0 Å². The zero-order valence-corrected chi connectivity index (χ0v) is 11.3. The fraction of sp³-hybridized carbons (Fsp3) is 0.0625. The first-order valence-corrected chi connectivity index (χ1v) is 6.16. The van der Waals surface area contributed by atoms with E-state index in [2.05, 4.69) is 5.32 Å². The summed E-state index contributed by atoms with van der Waals surface area (Å²) in [6, 6.07) is 10.1. The third-order valence-electron chi connectivity index (χ3n) is 2.78. The second-order valence-corrected chi connectivity index (χ2v) is 4.20. The average molecular weight is 289 g/mol. The van der Waals surface area contributed by atoms with Gasteiger partial charge in [-0.15, -0.1) is 0 Å². The molecule has 21 heavy (non-hydrogen) atoms. The topological polar surface area (TPSA) is 38.3 Å². The number of anilines is 1. The van der Waals surface area contributed by atoms with Crippen LogP contribution in [0.4, 0.5) is 14.5 Å². The van der Waals surface area contributed by atoms with E-state index in [4.69, 9.17) is 4.74 Å². The molecule has 0 aliphatic carbocycles. The minimum absolute atomic E-state index is 0.215. The van der Waals surface area contributed by atoms with Crippen LogP contribution in [0.15, 0.2) is 54.7 Å². The summed E-state index contributed by atoms with van der Waals surface area (Å²) in [6.45, 7) is 0. The Balaban J connectivity index is 1.99. The average Bonchev–Trinajstić information content (AvgIpc) is 2.51. The zero-order valence-electron chi connectivity index (χ0n) is 11.3. The normalized spacial score (nSPS) is 10.6. The van der Waals surface area contributed by atoms with E-state index in [1.807, 2.05) is 0 Å². The molecule has 0 saturated heterocycles. The quantitative estimate of drug-likeness (QED) is 0.672. The second kappa shape index (κ2) is 6.65. The predicted molar refractivity (Wildman–Crippen MR) is 76.4 cm³/mol. The van der Waals surface area contributed by atoms with E-state index >= 15 is 0 Å². The van der Waals surface area contributed by atoms with Crippen LogP contribution in [0.1, 0.15) is 10.4 Å². The van der Waals surface area contributed by atoms with Gasteiger partial charge in [-0.2, -0.15) is 0 Å². The lowest BCUT2D eigenvalue weighted by atomic mass is 10.1. The van der Waals surface area contributed by atoms with Gasteiger partial charge in [-0.1, -0.05) is 0 Å². The van der Waals surface area contributed by atoms with Crippen LogP contribution in [0.5, 0.6) is 5.75 Å². The fourth-order valence-corrected chi connectivity index (χ4v) is 1.65. The van der Waals surface area contributed by atoms with E-state index < -0.39 is 11.6 Å². The Morgan fingerprint density at radius 2 is 1.81 bits per heavy atom. The minimum atomic E-state index is -0.949. The van der Waals surface area contributed by atoms with Gasteiger partial charge in [-0.3, -0.25) is 4.79 Å². The number of hydrogen-bond donors (Lipinski definition) is 1. The Bertz CT molecular complexity index is 666. The molecular formula is C16H13F2NO2. The van der Waals surface area contributed by atoms with Crippen molar-refractivity contribution in [3.8, 4) is 5.75 Å². The number of allylic oxidation sites excluding steroid dienone is 1. The van der Waals surface area contributed by atoms with Crippen LogP contribution in [0, 0.1) is 11.6 Å².